The SMILES string of the molecule is CCN(CC)C(=O)[C@]1(Cc2cc(-c3ccc(C)cc3)no2)CCCN1. The molecular weight excluding hydrogens is 314 g/mol. The highest BCUT2D eigenvalue weighted by molar-refractivity contribution is 5.87. The van der Waals surface area contributed by atoms with E-state index in [0.29, 0.717) is 6.42 Å². The Bertz CT molecular complexity index is 711. The van der Waals surface area contributed by atoms with E-state index in [4.69, 9.17) is 4.52 Å². The van der Waals surface area contributed by atoms with Crippen molar-refractivity contribution in [3.63, 3.8) is 0 Å². The van der Waals surface area contributed by atoms with Gasteiger partial charge in [-0.25, -0.2) is 0 Å². The smallest absolute Gasteiger partial charge is 0.243 e. The normalized spacial score (nSPS) is 20.0. The Morgan fingerprint density at radius 1 is 1.28 bits per heavy atom. The third-order valence-corrected chi connectivity index (χ3v) is 5.09. The van der Waals surface area contributed by atoms with Gasteiger partial charge in [-0.2, -0.15) is 0 Å². The highest BCUT2D eigenvalue weighted by Crippen LogP contribution is 2.28. The van der Waals surface area contributed by atoms with Crippen molar-refractivity contribution in [3.05, 3.63) is 41.7 Å². The molecule has 1 fully saturated rings. The van der Waals surface area contributed by atoms with Crippen molar-refractivity contribution in [3.8, 4) is 11.3 Å². The molecule has 2 heterocycles. The first kappa shape index (κ1) is 17.7. The molecule has 1 amide bonds. The molecule has 3 rings (SSSR count). The Hall–Kier alpha value is -2.14. The average molecular weight is 341 g/mol. The Morgan fingerprint density at radius 3 is 2.60 bits per heavy atom. The maximum atomic E-state index is 13.0. The van der Waals surface area contributed by atoms with Gasteiger partial charge in [0.1, 0.15) is 17.0 Å². The molecule has 5 heteroatoms. The van der Waals surface area contributed by atoms with E-state index >= 15 is 0 Å². The fourth-order valence-electron chi connectivity index (χ4n) is 3.58. The van der Waals surface area contributed by atoms with E-state index < -0.39 is 5.54 Å². The number of amides is 1. The Kier molecular flexibility index (Phi) is 5.23. The summed E-state index contributed by atoms with van der Waals surface area (Å²) in [5.74, 6) is 0.925. The molecule has 1 atom stereocenters. The molecule has 134 valence electrons. The maximum Gasteiger partial charge on any atom is 0.243 e. The van der Waals surface area contributed by atoms with Crippen molar-refractivity contribution in [2.75, 3.05) is 19.6 Å². The minimum Gasteiger partial charge on any atom is -0.361 e. The van der Waals surface area contributed by atoms with Crippen LogP contribution in [0.4, 0.5) is 0 Å². The third kappa shape index (κ3) is 3.61. The molecule has 1 aliphatic rings. The minimum atomic E-state index is -0.559. The highest BCUT2D eigenvalue weighted by atomic mass is 16.5. The van der Waals surface area contributed by atoms with Gasteiger partial charge >= 0.3 is 0 Å². The molecule has 0 bridgehead atoms. The summed E-state index contributed by atoms with van der Waals surface area (Å²) in [6, 6.07) is 10.2. The molecule has 1 aliphatic heterocycles. The lowest BCUT2D eigenvalue weighted by Crippen LogP contribution is -2.56. The van der Waals surface area contributed by atoms with Crippen molar-refractivity contribution in [2.24, 2.45) is 0 Å². The third-order valence-electron chi connectivity index (χ3n) is 5.09. The first-order valence-corrected chi connectivity index (χ1v) is 9.15. The lowest BCUT2D eigenvalue weighted by atomic mass is 9.90. The van der Waals surface area contributed by atoms with Crippen LogP contribution in [0.3, 0.4) is 0 Å². The second kappa shape index (κ2) is 7.40. The first-order chi connectivity index (χ1) is 12.1. The first-order valence-electron chi connectivity index (χ1n) is 9.15. The average Bonchev–Trinajstić information content (AvgIpc) is 3.27. The number of likely N-dealkylation sites (N-methyl/N-ethyl adjacent to an activating group) is 1. The molecule has 0 radical (unpaired) electrons. The van der Waals surface area contributed by atoms with E-state index in [1.807, 2.05) is 36.9 Å². The van der Waals surface area contributed by atoms with Crippen molar-refractivity contribution in [1.29, 1.82) is 0 Å². The zero-order valence-corrected chi connectivity index (χ0v) is 15.3. The predicted octanol–water partition coefficient (Wildman–Crippen LogP) is 3.18. The molecule has 1 aromatic heterocycles. The van der Waals surface area contributed by atoms with Crippen LogP contribution in [0.5, 0.6) is 0 Å². The van der Waals surface area contributed by atoms with E-state index in [1.165, 1.54) is 5.56 Å². The Morgan fingerprint density at radius 2 is 2.00 bits per heavy atom. The zero-order valence-electron chi connectivity index (χ0n) is 15.3. The molecule has 5 nitrogen and oxygen atoms in total. The largest absolute Gasteiger partial charge is 0.361 e. The van der Waals surface area contributed by atoms with Gasteiger partial charge in [0.05, 0.1) is 0 Å². The van der Waals surface area contributed by atoms with Gasteiger partial charge in [0, 0.05) is 31.1 Å². The van der Waals surface area contributed by atoms with Gasteiger partial charge in [-0.15, -0.1) is 0 Å². The van der Waals surface area contributed by atoms with Crippen molar-refractivity contribution >= 4 is 5.91 Å². The van der Waals surface area contributed by atoms with E-state index in [0.717, 1.165) is 49.5 Å². The summed E-state index contributed by atoms with van der Waals surface area (Å²) in [7, 11) is 0. The number of hydrogen-bond acceptors (Lipinski definition) is 4. The number of hydrogen-bond donors (Lipinski definition) is 1. The monoisotopic (exact) mass is 341 g/mol. The fraction of sp³-hybridized carbons (Fsp3) is 0.500. The molecule has 0 unspecified atom stereocenters. The van der Waals surface area contributed by atoms with Crippen LogP contribution in [0, 0.1) is 6.92 Å². The number of aryl methyl sites for hydroxylation is 1. The van der Waals surface area contributed by atoms with Gasteiger partial charge in [0.2, 0.25) is 5.91 Å². The summed E-state index contributed by atoms with van der Waals surface area (Å²) in [5, 5.41) is 7.65. The summed E-state index contributed by atoms with van der Waals surface area (Å²) in [6.07, 6.45) is 2.38. The van der Waals surface area contributed by atoms with E-state index in [2.05, 4.69) is 29.5 Å². The van der Waals surface area contributed by atoms with Crippen molar-refractivity contribution in [2.45, 2.75) is 45.6 Å². The molecule has 0 aliphatic carbocycles. The van der Waals surface area contributed by atoms with Crippen LogP contribution in [0.15, 0.2) is 34.9 Å². The minimum absolute atomic E-state index is 0.170. The summed E-state index contributed by atoms with van der Waals surface area (Å²) >= 11 is 0. The van der Waals surface area contributed by atoms with Crippen molar-refractivity contribution in [1.82, 2.24) is 15.4 Å². The number of aromatic nitrogens is 1. The summed E-state index contributed by atoms with van der Waals surface area (Å²) in [6.45, 7) is 8.42. The quantitative estimate of drug-likeness (QED) is 0.877. The lowest BCUT2D eigenvalue weighted by molar-refractivity contribution is -0.137. The number of nitrogens with one attached hydrogen (secondary N) is 1. The number of carbonyl (C=O) groups excluding carboxylic acids is 1. The summed E-state index contributed by atoms with van der Waals surface area (Å²) in [4.78, 5) is 14.9. The van der Waals surface area contributed by atoms with E-state index in [1.54, 1.807) is 0 Å². The molecule has 1 saturated heterocycles. The molecular formula is C20H27N3O2. The summed E-state index contributed by atoms with van der Waals surface area (Å²) < 4.78 is 5.57. The molecule has 0 saturated carbocycles. The standard InChI is InChI=1S/C20H27N3O2/c1-4-23(5-2)19(24)20(11-6-12-21-20)14-17-13-18(22-25-17)16-9-7-15(3)8-10-16/h7-10,13,21H,4-6,11-12,14H2,1-3H3/t20-/m1/s1. The van der Waals surface area contributed by atoms with Crippen LogP contribution >= 0.6 is 0 Å². The Labute approximate surface area is 149 Å². The second-order valence-corrected chi connectivity index (χ2v) is 6.81. The van der Waals surface area contributed by atoms with Crippen molar-refractivity contribution < 1.29 is 9.32 Å². The van der Waals surface area contributed by atoms with E-state index in [9.17, 15) is 4.79 Å². The van der Waals surface area contributed by atoms with E-state index in [-0.39, 0.29) is 5.91 Å². The van der Waals surface area contributed by atoms with Crippen LogP contribution in [-0.4, -0.2) is 41.1 Å². The number of carbonyl (C=O) groups is 1. The van der Waals surface area contributed by atoms with Crippen LogP contribution in [-0.2, 0) is 11.2 Å². The van der Waals surface area contributed by atoms with Crippen LogP contribution in [0.25, 0.3) is 11.3 Å². The number of benzene rings is 1. The molecule has 2 aromatic rings. The van der Waals surface area contributed by atoms with Crippen LogP contribution in [0.2, 0.25) is 0 Å². The molecule has 0 spiro atoms. The highest BCUT2D eigenvalue weighted by Gasteiger charge is 2.43. The number of rotatable bonds is 6. The maximum absolute atomic E-state index is 13.0. The molecule has 25 heavy (non-hydrogen) atoms. The van der Waals surface area contributed by atoms with Gasteiger partial charge in [-0.1, -0.05) is 35.0 Å². The Balaban J connectivity index is 1.81. The lowest BCUT2D eigenvalue weighted by Gasteiger charge is -2.33. The van der Waals surface area contributed by atoms with Crippen LogP contribution in [0.1, 0.15) is 38.0 Å². The van der Waals surface area contributed by atoms with Gasteiger partial charge in [0.25, 0.3) is 0 Å². The fourth-order valence-corrected chi connectivity index (χ4v) is 3.58. The zero-order chi connectivity index (χ0) is 17.9. The van der Waals surface area contributed by atoms with Gasteiger partial charge in [-0.05, 0) is 40.2 Å². The molecule has 1 N–H and O–H groups in total. The molecule has 1 aromatic carbocycles. The van der Waals surface area contributed by atoms with Gasteiger partial charge in [0.15, 0.2) is 0 Å². The topological polar surface area (TPSA) is 58.4 Å². The van der Waals surface area contributed by atoms with Crippen LogP contribution < -0.4 is 5.32 Å². The second-order valence-electron chi connectivity index (χ2n) is 6.81. The number of nitrogens with zero attached hydrogens (tertiary/aromatic N) is 2. The summed E-state index contributed by atoms with van der Waals surface area (Å²) in [5.41, 5.74) is 2.50. The predicted molar refractivity (Wildman–Crippen MR) is 98.3 cm³/mol. The van der Waals surface area contributed by atoms with Gasteiger partial charge < -0.3 is 14.7 Å². The van der Waals surface area contributed by atoms with Gasteiger partial charge in [-0.3, -0.25) is 4.79 Å².